The van der Waals surface area contributed by atoms with Gasteiger partial charge in [-0.25, -0.2) is 14.2 Å². The zero-order chi connectivity index (χ0) is 19.4. The molecule has 0 radical (unpaired) electrons. The number of aromatic nitrogens is 3. The molecule has 2 amide bonds. The number of aromatic amines is 1. The number of nitrogens with zero attached hydrogens (tertiary/aromatic N) is 2. The fourth-order valence-corrected chi connectivity index (χ4v) is 2.41. The summed E-state index contributed by atoms with van der Waals surface area (Å²) in [4.78, 5) is 16.2. The zero-order valence-corrected chi connectivity index (χ0v) is 13.6. The quantitative estimate of drug-likeness (QED) is 0.602. The Bertz CT molecular complexity index is 927. The van der Waals surface area contributed by atoms with Gasteiger partial charge in [-0.2, -0.15) is 18.3 Å². The van der Waals surface area contributed by atoms with E-state index in [0.717, 1.165) is 24.5 Å². The molecule has 0 aliphatic carbocycles. The van der Waals surface area contributed by atoms with E-state index >= 15 is 0 Å². The van der Waals surface area contributed by atoms with E-state index in [1.807, 2.05) is 0 Å². The molecule has 0 saturated carbocycles. The highest BCUT2D eigenvalue weighted by Crippen LogP contribution is 2.31. The van der Waals surface area contributed by atoms with Gasteiger partial charge < -0.3 is 10.6 Å². The number of carbonyl (C=O) groups excluding carboxylic acids is 1. The molecule has 3 N–H and O–H groups in total. The normalized spacial score (nSPS) is 12.4. The van der Waals surface area contributed by atoms with Gasteiger partial charge in [0.05, 0.1) is 11.3 Å². The first-order valence-corrected chi connectivity index (χ1v) is 7.69. The van der Waals surface area contributed by atoms with Crippen LogP contribution in [0.25, 0.3) is 0 Å². The largest absolute Gasteiger partial charge is 0.416 e. The lowest BCUT2D eigenvalue weighted by atomic mass is 10.0. The van der Waals surface area contributed by atoms with E-state index < -0.39 is 29.6 Å². The summed E-state index contributed by atoms with van der Waals surface area (Å²) < 4.78 is 52.6. The second-order valence-corrected chi connectivity index (χ2v) is 5.51. The summed E-state index contributed by atoms with van der Waals surface area (Å²) in [6.45, 7) is 0. The maximum atomic E-state index is 13.7. The molecule has 0 fully saturated rings. The molecule has 0 unspecified atom stereocenters. The summed E-state index contributed by atoms with van der Waals surface area (Å²) in [7, 11) is 0. The number of urea groups is 1. The third-order valence-electron chi connectivity index (χ3n) is 3.65. The summed E-state index contributed by atoms with van der Waals surface area (Å²) in [5.41, 5.74) is -0.818. The number of hydrogen-bond donors (Lipinski definition) is 3. The number of para-hydroxylation sites is 1. The van der Waals surface area contributed by atoms with E-state index in [-0.39, 0.29) is 17.1 Å². The van der Waals surface area contributed by atoms with Gasteiger partial charge in [-0.15, -0.1) is 0 Å². The molecule has 1 heterocycles. The Labute approximate surface area is 150 Å². The average Bonchev–Trinajstić information content (AvgIpc) is 3.15. The fraction of sp³-hybridized carbons (Fsp3) is 0.118. The monoisotopic (exact) mass is 379 g/mol. The van der Waals surface area contributed by atoms with E-state index in [4.69, 9.17) is 0 Å². The van der Waals surface area contributed by atoms with Crippen LogP contribution in [0, 0.1) is 5.82 Å². The number of alkyl halides is 3. The van der Waals surface area contributed by atoms with Gasteiger partial charge in [0.2, 0.25) is 0 Å². The highest BCUT2D eigenvalue weighted by molar-refractivity contribution is 5.89. The van der Waals surface area contributed by atoms with Crippen molar-refractivity contribution in [2.24, 2.45) is 0 Å². The van der Waals surface area contributed by atoms with Crippen LogP contribution in [0.2, 0.25) is 0 Å². The molecular weight excluding hydrogens is 366 g/mol. The lowest BCUT2D eigenvalue weighted by Gasteiger charge is -2.19. The summed E-state index contributed by atoms with van der Waals surface area (Å²) >= 11 is 0. The highest BCUT2D eigenvalue weighted by Gasteiger charge is 2.31. The van der Waals surface area contributed by atoms with E-state index in [1.165, 1.54) is 30.3 Å². The number of H-pyrrole nitrogens is 1. The van der Waals surface area contributed by atoms with Gasteiger partial charge in [0.15, 0.2) is 5.82 Å². The first-order chi connectivity index (χ1) is 12.8. The van der Waals surface area contributed by atoms with Gasteiger partial charge in [-0.3, -0.25) is 5.10 Å². The number of nitrogens with one attached hydrogen (secondary N) is 3. The summed E-state index contributed by atoms with van der Waals surface area (Å²) in [5, 5.41) is 11.0. The zero-order valence-electron chi connectivity index (χ0n) is 13.6. The molecule has 3 aromatic rings. The smallest absolute Gasteiger partial charge is 0.324 e. The van der Waals surface area contributed by atoms with Crippen molar-refractivity contribution in [2.75, 3.05) is 5.32 Å². The SMILES string of the molecule is O=C(Nc1ccccc1F)N[C@@H](c1cccc(C(F)(F)F)c1)c1ncn[nH]1. The fourth-order valence-electron chi connectivity index (χ4n) is 2.41. The lowest BCUT2D eigenvalue weighted by molar-refractivity contribution is -0.137. The van der Waals surface area contributed by atoms with E-state index in [0.29, 0.717) is 0 Å². The molecular formula is C17H13F4N5O. The summed E-state index contributed by atoms with van der Waals surface area (Å²) in [6.07, 6.45) is -3.39. The first-order valence-electron chi connectivity index (χ1n) is 7.69. The van der Waals surface area contributed by atoms with Crippen molar-refractivity contribution in [1.29, 1.82) is 0 Å². The van der Waals surface area contributed by atoms with Crippen LogP contribution in [0.1, 0.15) is 23.0 Å². The first kappa shape index (κ1) is 18.4. The number of hydrogen-bond acceptors (Lipinski definition) is 3. The number of amides is 2. The van der Waals surface area contributed by atoms with Crippen LogP contribution in [0.5, 0.6) is 0 Å². The van der Waals surface area contributed by atoms with Gasteiger partial charge >= 0.3 is 12.2 Å². The highest BCUT2D eigenvalue weighted by atomic mass is 19.4. The van der Waals surface area contributed by atoms with Crippen LogP contribution < -0.4 is 10.6 Å². The number of halogens is 4. The number of carbonyl (C=O) groups is 1. The molecule has 2 aromatic carbocycles. The van der Waals surface area contributed by atoms with Crippen LogP contribution in [0.3, 0.4) is 0 Å². The van der Waals surface area contributed by atoms with E-state index in [2.05, 4.69) is 25.8 Å². The van der Waals surface area contributed by atoms with Gasteiger partial charge in [-0.05, 0) is 29.8 Å². The van der Waals surface area contributed by atoms with Crippen molar-refractivity contribution in [3.63, 3.8) is 0 Å². The number of anilines is 1. The van der Waals surface area contributed by atoms with Crippen molar-refractivity contribution in [2.45, 2.75) is 12.2 Å². The molecule has 0 saturated heterocycles. The second kappa shape index (κ2) is 7.44. The van der Waals surface area contributed by atoms with E-state index in [1.54, 1.807) is 0 Å². The van der Waals surface area contributed by atoms with Crippen LogP contribution in [0.15, 0.2) is 54.9 Å². The number of rotatable bonds is 4. The van der Waals surface area contributed by atoms with Crippen LogP contribution >= 0.6 is 0 Å². The maximum Gasteiger partial charge on any atom is 0.416 e. The Morgan fingerprint density at radius 1 is 1.11 bits per heavy atom. The minimum Gasteiger partial charge on any atom is -0.324 e. The Kier molecular flexibility index (Phi) is 5.06. The van der Waals surface area contributed by atoms with Gasteiger partial charge in [-0.1, -0.05) is 24.3 Å². The molecule has 0 aliphatic heterocycles. The van der Waals surface area contributed by atoms with Gasteiger partial charge in [0.25, 0.3) is 0 Å². The third-order valence-corrected chi connectivity index (χ3v) is 3.65. The summed E-state index contributed by atoms with van der Waals surface area (Å²) in [6, 6.07) is 8.07. The minimum absolute atomic E-state index is 0.0737. The average molecular weight is 379 g/mol. The Morgan fingerprint density at radius 3 is 2.56 bits per heavy atom. The molecule has 3 rings (SSSR count). The molecule has 10 heteroatoms. The number of benzene rings is 2. The Morgan fingerprint density at radius 2 is 1.89 bits per heavy atom. The molecule has 0 aliphatic rings. The molecule has 1 atom stereocenters. The van der Waals surface area contributed by atoms with Crippen LogP contribution in [0.4, 0.5) is 28.0 Å². The third kappa shape index (κ3) is 4.40. The standard InChI is InChI=1S/C17H13F4N5O/c18-12-6-1-2-7-13(12)24-16(27)25-14(15-22-9-23-26-15)10-4-3-5-11(8-10)17(19,20)21/h1-9,14H,(H,22,23,26)(H2,24,25,27)/t14-/m0/s1. The van der Waals surface area contributed by atoms with Crippen LogP contribution in [-0.4, -0.2) is 21.2 Å². The van der Waals surface area contributed by atoms with Crippen LogP contribution in [-0.2, 0) is 6.18 Å². The molecule has 6 nitrogen and oxygen atoms in total. The molecule has 0 spiro atoms. The Balaban J connectivity index is 1.87. The molecule has 0 bridgehead atoms. The van der Waals surface area contributed by atoms with Crippen molar-refractivity contribution in [3.05, 3.63) is 77.6 Å². The minimum atomic E-state index is -4.54. The van der Waals surface area contributed by atoms with Gasteiger partial charge in [0, 0.05) is 0 Å². The van der Waals surface area contributed by atoms with Crippen molar-refractivity contribution < 1.29 is 22.4 Å². The van der Waals surface area contributed by atoms with Gasteiger partial charge in [0.1, 0.15) is 18.2 Å². The van der Waals surface area contributed by atoms with Crippen molar-refractivity contribution in [1.82, 2.24) is 20.5 Å². The van der Waals surface area contributed by atoms with Crippen molar-refractivity contribution in [3.8, 4) is 0 Å². The Hall–Kier alpha value is -3.43. The second-order valence-electron chi connectivity index (χ2n) is 5.51. The maximum absolute atomic E-state index is 13.7. The topological polar surface area (TPSA) is 82.7 Å². The predicted octanol–water partition coefficient (Wildman–Crippen LogP) is 3.87. The molecule has 27 heavy (non-hydrogen) atoms. The van der Waals surface area contributed by atoms with E-state index in [9.17, 15) is 22.4 Å². The predicted molar refractivity (Wildman–Crippen MR) is 88.2 cm³/mol. The lowest BCUT2D eigenvalue weighted by Crippen LogP contribution is -2.34. The molecule has 1 aromatic heterocycles. The molecule has 140 valence electrons. The summed E-state index contributed by atoms with van der Waals surface area (Å²) in [5.74, 6) is -0.527. The van der Waals surface area contributed by atoms with Crippen molar-refractivity contribution >= 4 is 11.7 Å².